The van der Waals surface area contributed by atoms with Crippen LogP contribution in [0, 0.1) is 6.92 Å². The highest BCUT2D eigenvalue weighted by molar-refractivity contribution is 5.99. The van der Waals surface area contributed by atoms with Crippen molar-refractivity contribution in [3.8, 4) is 0 Å². The SMILES string of the molecule is CCC(N)(CC)C(=O)Nc1cnc2c(c1)c(C)nn2C. The Bertz CT molecular complexity index is 642. The summed E-state index contributed by atoms with van der Waals surface area (Å²) in [6.45, 7) is 5.74. The molecule has 0 radical (unpaired) electrons. The Morgan fingerprint density at radius 2 is 2.10 bits per heavy atom. The van der Waals surface area contributed by atoms with Gasteiger partial charge in [0.25, 0.3) is 0 Å². The number of rotatable bonds is 4. The van der Waals surface area contributed by atoms with Gasteiger partial charge in [-0.1, -0.05) is 13.8 Å². The molecule has 0 unspecified atom stereocenters. The summed E-state index contributed by atoms with van der Waals surface area (Å²) in [6, 6.07) is 1.88. The molecule has 0 spiro atoms. The Labute approximate surface area is 118 Å². The largest absolute Gasteiger partial charge is 0.323 e. The molecule has 2 heterocycles. The summed E-state index contributed by atoms with van der Waals surface area (Å²) < 4.78 is 1.72. The van der Waals surface area contributed by atoms with E-state index in [4.69, 9.17) is 5.73 Å². The van der Waals surface area contributed by atoms with Crippen molar-refractivity contribution in [2.75, 3.05) is 5.32 Å². The molecule has 0 saturated carbocycles. The molecule has 6 heteroatoms. The van der Waals surface area contributed by atoms with E-state index < -0.39 is 5.54 Å². The summed E-state index contributed by atoms with van der Waals surface area (Å²) in [6.07, 6.45) is 2.82. The van der Waals surface area contributed by atoms with Crippen LogP contribution < -0.4 is 11.1 Å². The fraction of sp³-hybridized carbons (Fsp3) is 0.500. The number of hydrogen-bond donors (Lipinski definition) is 2. The van der Waals surface area contributed by atoms with Crippen molar-refractivity contribution in [1.29, 1.82) is 0 Å². The lowest BCUT2D eigenvalue weighted by Gasteiger charge is -2.25. The van der Waals surface area contributed by atoms with Crippen molar-refractivity contribution < 1.29 is 4.79 Å². The smallest absolute Gasteiger partial charge is 0.244 e. The highest BCUT2D eigenvalue weighted by atomic mass is 16.2. The average Bonchev–Trinajstić information content (AvgIpc) is 2.72. The minimum atomic E-state index is -0.834. The maximum atomic E-state index is 12.2. The van der Waals surface area contributed by atoms with Crippen LogP contribution in [-0.4, -0.2) is 26.2 Å². The van der Waals surface area contributed by atoms with Crippen LogP contribution in [0.25, 0.3) is 11.0 Å². The van der Waals surface area contributed by atoms with Gasteiger partial charge in [-0.2, -0.15) is 5.10 Å². The van der Waals surface area contributed by atoms with Crippen molar-refractivity contribution in [2.24, 2.45) is 12.8 Å². The van der Waals surface area contributed by atoms with E-state index in [1.54, 1.807) is 10.9 Å². The molecule has 2 rings (SSSR count). The molecule has 108 valence electrons. The number of anilines is 1. The van der Waals surface area contributed by atoms with E-state index in [-0.39, 0.29) is 5.91 Å². The third kappa shape index (κ3) is 2.38. The lowest BCUT2D eigenvalue weighted by Crippen LogP contribution is -2.50. The van der Waals surface area contributed by atoms with Crippen molar-refractivity contribution in [1.82, 2.24) is 14.8 Å². The molecule has 0 aliphatic rings. The van der Waals surface area contributed by atoms with E-state index in [2.05, 4.69) is 15.4 Å². The second-order valence-corrected chi connectivity index (χ2v) is 5.12. The summed E-state index contributed by atoms with van der Waals surface area (Å²) in [5.74, 6) is -0.176. The van der Waals surface area contributed by atoms with Crippen molar-refractivity contribution in [3.63, 3.8) is 0 Å². The number of aromatic nitrogens is 3. The van der Waals surface area contributed by atoms with Crippen LogP contribution >= 0.6 is 0 Å². The Balaban J connectivity index is 2.31. The first kappa shape index (κ1) is 14.5. The van der Waals surface area contributed by atoms with Crippen molar-refractivity contribution in [2.45, 2.75) is 39.2 Å². The van der Waals surface area contributed by atoms with E-state index in [0.29, 0.717) is 18.5 Å². The molecule has 0 saturated heterocycles. The standard InChI is InChI=1S/C14H21N5O/c1-5-14(15,6-2)13(20)17-10-7-11-9(3)18-19(4)12(11)16-8-10/h7-8H,5-6,15H2,1-4H3,(H,17,20). The van der Waals surface area contributed by atoms with E-state index >= 15 is 0 Å². The first-order valence-corrected chi connectivity index (χ1v) is 6.81. The number of nitrogens with zero attached hydrogens (tertiary/aromatic N) is 3. The van der Waals surface area contributed by atoms with Gasteiger partial charge in [0, 0.05) is 12.4 Å². The third-order valence-corrected chi connectivity index (χ3v) is 3.83. The maximum absolute atomic E-state index is 12.2. The summed E-state index contributed by atoms with van der Waals surface area (Å²) in [7, 11) is 1.85. The topological polar surface area (TPSA) is 85.8 Å². The molecular weight excluding hydrogens is 254 g/mol. The van der Waals surface area contributed by atoms with Gasteiger partial charge in [-0.3, -0.25) is 9.48 Å². The number of pyridine rings is 1. The monoisotopic (exact) mass is 275 g/mol. The second-order valence-electron chi connectivity index (χ2n) is 5.12. The van der Waals surface area contributed by atoms with E-state index in [1.807, 2.05) is 33.9 Å². The number of nitrogens with two attached hydrogens (primary N) is 1. The molecule has 2 aromatic heterocycles. The molecule has 6 nitrogen and oxygen atoms in total. The van der Waals surface area contributed by atoms with Crippen LogP contribution in [0.3, 0.4) is 0 Å². The van der Waals surface area contributed by atoms with Crippen molar-refractivity contribution in [3.05, 3.63) is 18.0 Å². The molecule has 0 aromatic carbocycles. The molecule has 1 amide bonds. The van der Waals surface area contributed by atoms with Gasteiger partial charge in [-0.15, -0.1) is 0 Å². The highest BCUT2D eigenvalue weighted by Gasteiger charge is 2.30. The molecule has 0 atom stereocenters. The molecule has 3 N–H and O–H groups in total. The number of amides is 1. The molecule has 0 fully saturated rings. The van der Waals surface area contributed by atoms with Crippen LogP contribution in [0.5, 0.6) is 0 Å². The Kier molecular flexibility index (Phi) is 3.76. The normalized spacial score (nSPS) is 11.8. The van der Waals surface area contributed by atoms with Crippen molar-refractivity contribution >= 4 is 22.6 Å². The molecule has 2 aromatic rings. The molecule has 0 aliphatic carbocycles. The Morgan fingerprint density at radius 1 is 1.45 bits per heavy atom. The first-order chi connectivity index (χ1) is 9.41. The Morgan fingerprint density at radius 3 is 2.70 bits per heavy atom. The summed E-state index contributed by atoms with van der Waals surface area (Å²) >= 11 is 0. The lowest BCUT2D eigenvalue weighted by atomic mass is 9.93. The van der Waals surface area contributed by atoms with Gasteiger partial charge in [0.1, 0.15) is 0 Å². The Hall–Kier alpha value is -1.95. The van der Waals surface area contributed by atoms with Crippen LogP contribution in [0.1, 0.15) is 32.4 Å². The zero-order valence-corrected chi connectivity index (χ0v) is 12.4. The number of carbonyl (C=O) groups is 1. The molecule has 20 heavy (non-hydrogen) atoms. The van der Waals surface area contributed by atoms with Gasteiger partial charge < -0.3 is 11.1 Å². The number of fused-ring (bicyclic) bond motifs is 1. The van der Waals surface area contributed by atoms with E-state index in [1.165, 1.54) is 0 Å². The van der Waals surface area contributed by atoms with Crippen LogP contribution in [-0.2, 0) is 11.8 Å². The maximum Gasteiger partial charge on any atom is 0.244 e. The van der Waals surface area contributed by atoms with Gasteiger partial charge in [-0.25, -0.2) is 4.98 Å². The van der Waals surface area contributed by atoms with Gasteiger partial charge >= 0.3 is 0 Å². The minimum absolute atomic E-state index is 0.176. The molecular formula is C14H21N5O. The predicted octanol–water partition coefficient (Wildman–Crippen LogP) is 1.73. The minimum Gasteiger partial charge on any atom is -0.323 e. The van der Waals surface area contributed by atoms with Gasteiger partial charge in [0.15, 0.2) is 5.65 Å². The van der Waals surface area contributed by atoms with Gasteiger partial charge in [0.05, 0.1) is 23.1 Å². The predicted molar refractivity (Wildman–Crippen MR) is 79.4 cm³/mol. The summed E-state index contributed by atoms with van der Waals surface area (Å²) in [4.78, 5) is 16.6. The number of carbonyl (C=O) groups excluding carboxylic acids is 1. The molecule has 0 aliphatic heterocycles. The number of nitrogens with one attached hydrogen (secondary N) is 1. The lowest BCUT2D eigenvalue weighted by molar-refractivity contribution is -0.121. The fourth-order valence-electron chi connectivity index (χ4n) is 2.20. The number of hydrogen-bond acceptors (Lipinski definition) is 4. The van der Waals surface area contributed by atoms with Gasteiger partial charge in [-0.05, 0) is 25.8 Å². The first-order valence-electron chi connectivity index (χ1n) is 6.81. The summed E-state index contributed by atoms with van der Waals surface area (Å²) in [5.41, 5.74) is 7.58. The molecule has 0 bridgehead atoms. The van der Waals surface area contributed by atoms with Crippen LogP contribution in [0.15, 0.2) is 12.3 Å². The second kappa shape index (κ2) is 5.20. The average molecular weight is 275 g/mol. The highest BCUT2D eigenvalue weighted by Crippen LogP contribution is 2.21. The fourth-order valence-corrected chi connectivity index (χ4v) is 2.20. The number of aryl methyl sites for hydroxylation is 2. The zero-order valence-electron chi connectivity index (χ0n) is 12.4. The quantitative estimate of drug-likeness (QED) is 0.889. The van der Waals surface area contributed by atoms with Crippen LogP contribution in [0.4, 0.5) is 5.69 Å². The van der Waals surface area contributed by atoms with Crippen LogP contribution in [0.2, 0.25) is 0 Å². The van der Waals surface area contributed by atoms with E-state index in [9.17, 15) is 4.79 Å². The zero-order chi connectivity index (χ0) is 14.9. The third-order valence-electron chi connectivity index (χ3n) is 3.83. The van der Waals surface area contributed by atoms with Gasteiger partial charge in [0.2, 0.25) is 5.91 Å². The van der Waals surface area contributed by atoms with E-state index in [0.717, 1.165) is 16.7 Å². The summed E-state index contributed by atoms with van der Waals surface area (Å²) in [5, 5.41) is 8.09.